The van der Waals surface area contributed by atoms with Crippen LogP contribution in [-0.2, 0) is 12.0 Å². The second-order valence-corrected chi connectivity index (χ2v) is 8.26. The third-order valence-corrected chi connectivity index (χ3v) is 6.39. The van der Waals surface area contributed by atoms with Gasteiger partial charge in [-0.2, -0.15) is 5.26 Å². The number of nitrogens with zero attached hydrogens (tertiary/aromatic N) is 2. The minimum absolute atomic E-state index is 0.434. The molecular formula is C23H26Cl2N2. The maximum Gasteiger partial charge on any atom is 0.0851 e. The zero-order chi connectivity index (χ0) is 19.3. The van der Waals surface area contributed by atoms with Gasteiger partial charge >= 0.3 is 0 Å². The Kier molecular flexibility index (Phi) is 6.82. The number of benzene rings is 2. The average molecular weight is 401 g/mol. The van der Waals surface area contributed by atoms with E-state index in [4.69, 9.17) is 23.2 Å². The molecule has 0 aromatic heterocycles. The SMILES string of the molecule is CCN(CCCC(C#N)(c1ccc(Cl)c(Cl)c1)C1CC1)Cc1ccccc1. The summed E-state index contributed by atoms with van der Waals surface area (Å²) in [5.74, 6) is 0.434. The van der Waals surface area contributed by atoms with Crippen molar-refractivity contribution in [1.29, 1.82) is 5.26 Å². The van der Waals surface area contributed by atoms with Crippen LogP contribution in [0.25, 0.3) is 0 Å². The summed E-state index contributed by atoms with van der Waals surface area (Å²) >= 11 is 12.3. The van der Waals surface area contributed by atoms with E-state index in [-0.39, 0.29) is 0 Å². The number of hydrogen-bond donors (Lipinski definition) is 0. The van der Waals surface area contributed by atoms with Crippen molar-refractivity contribution in [2.24, 2.45) is 5.92 Å². The van der Waals surface area contributed by atoms with Crippen molar-refractivity contribution in [3.05, 3.63) is 69.7 Å². The molecule has 1 aliphatic carbocycles. The number of nitriles is 1. The molecule has 4 heteroatoms. The normalized spacial score (nSPS) is 16.1. The summed E-state index contributed by atoms with van der Waals surface area (Å²) in [5, 5.41) is 11.2. The molecule has 2 aromatic rings. The van der Waals surface area contributed by atoms with E-state index in [1.165, 1.54) is 5.56 Å². The fourth-order valence-corrected chi connectivity index (χ4v) is 4.22. The highest BCUT2D eigenvalue weighted by atomic mass is 35.5. The Morgan fingerprint density at radius 2 is 1.85 bits per heavy atom. The fraction of sp³-hybridized carbons (Fsp3) is 0.435. The highest BCUT2D eigenvalue weighted by molar-refractivity contribution is 6.42. The molecule has 142 valence electrons. The van der Waals surface area contributed by atoms with Gasteiger partial charge in [-0.05, 0) is 68.0 Å². The summed E-state index contributed by atoms with van der Waals surface area (Å²) in [6.07, 6.45) is 4.09. The van der Waals surface area contributed by atoms with Gasteiger partial charge in [0.05, 0.1) is 21.5 Å². The maximum absolute atomic E-state index is 10.1. The van der Waals surface area contributed by atoms with E-state index in [9.17, 15) is 5.26 Å². The Balaban J connectivity index is 1.68. The van der Waals surface area contributed by atoms with Crippen LogP contribution in [0.15, 0.2) is 48.5 Å². The van der Waals surface area contributed by atoms with Crippen molar-refractivity contribution in [3.8, 4) is 6.07 Å². The van der Waals surface area contributed by atoms with Crippen molar-refractivity contribution in [1.82, 2.24) is 4.90 Å². The molecule has 1 fully saturated rings. The van der Waals surface area contributed by atoms with Gasteiger partial charge in [0, 0.05) is 6.54 Å². The molecule has 0 bridgehead atoms. The van der Waals surface area contributed by atoms with Gasteiger partial charge in [-0.3, -0.25) is 4.90 Å². The first-order valence-electron chi connectivity index (χ1n) is 9.72. The molecule has 2 aromatic carbocycles. The van der Waals surface area contributed by atoms with E-state index in [1.807, 2.05) is 24.3 Å². The summed E-state index contributed by atoms with van der Waals surface area (Å²) in [5.41, 5.74) is 1.91. The van der Waals surface area contributed by atoms with Gasteiger partial charge in [-0.25, -0.2) is 0 Å². The molecule has 2 nitrogen and oxygen atoms in total. The Hall–Kier alpha value is -1.53. The first-order chi connectivity index (χ1) is 13.1. The van der Waals surface area contributed by atoms with Gasteiger partial charge in [0.15, 0.2) is 0 Å². The highest BCUT2D eigenvalue weighted by Crippen LogP contribution is 2.50. The van der Waals surface area contributed by atoms with Crippen LogP contribution in [0.1, 0.15) is 43.7 Å². The van der Waals surface area contributed by atoms with Crippen molar-refractivity contribution >= 4 is 23.2 Å². The molecule has 1 aliphatic rings. The van der Waals surface area contributed by atoms with E-state index in [0.717, 1.165) is 50.9 Å². The largest absolute Gasteiger partial charge is 0.299 e. The quantitative estimate of drug-likeness (QED) is 0.482. The van der Waals surface area contributed by atoms with Crippen LogP contribution >= 0.6 is 23.2 Å². The highest BCUT2D eigenvalue weighted by Gasteiger charge is 2.46. The lowest BCUT2D eigenvalue weighted by molar-refractivity contribution is 0.261. The van der Waals surface area contributed by atoms with Gasteiger partial charge in [0.25, 0.3) is 0 Å². The second kappa shape index (κ2) is 9.11. The van der Waals surface area contributed by atoms with Gasteiger partial charge < -0.3 is 0 Å². The standard InChI is InChI=1S/C23H26Cl2N2/c1-2-27(16-18-7-4-3-5-8-18)14-6-13-23(17-26,19-9-10-19)20-11-12-21(24)22(25)15-20/h3-5,7-8,11-12,15,19H,2,6,9-10,13-14,16H2,1H3. The molecule has 0 aliphatic heterocycles. The van der Waals surface area contributed by atoms with Gasteiger partial charge in [0.2, 0.25) is 0 Å². The zero-order valence-electron chi connectivity index (χ0n) is 15.8. The summed E-state index contributed by atoms with van der Waals surface area (Å²) in [7, 11) is 0. The minimum Gasteiger partial charge on any atom is -0.299 e. The molecule has 3 rings (SSSR count). The summed E-state index contributed by atoms with van der Waals surface area (Å²) < 4.78 is 0. The lowest BCUT2D eigenvalue weighted by Crippen LogP contribution is -2.30. The molecular weight excluding hydrogens is 375 g/mol. The molecule has 27 heavy (non-hydrogen) atoms. The molecule has 0 heterocycles. The Bertz CT molecular complexity index is 796. The molecule has 0 N–H and O–H groups in total. The average Bonchev–Trinajstić information content (AvgIpc) is 3.53. The van der Waals surface area contributed by atoms with Crippen molar-refractivity contribution in [3.63, 3.8) is 0 Å². The summed E-state index contributed by atoms with van der Waals surface area (Å²) in [6, 6.07) is 18.9. The Labute approximate surface area is 172 Å². The van der Waals surface area contributed by atoms with Crippen LogP contribution in [0.4, 0.5) is 0 Å². The van der Waals surface area contributed by atoms with Crippen LogP contribution in [0.5, 0.6) is 0 Å². The smallest absolute Gasteiger partial charge is 0.0851 e. The van der Waals surface area contributed by atoms with Crippen molar-refractivity contribution in [2.75, 3.05) is 13.1 Å². The molecule has 0 amide bonds. The van der Waals surface area contributed by atoms with Crippen molar-refractivity contribution in [2.45, 2.75) is 44.6 Å². The maximum atomic E-state index is 10.1. The first-order valence-corrected chi connectivity index (χ1v) is 10.5. The number of hydrogen-bond acceptors (Lipinski definition) is 2. The van der Waals surface area contributed by atoms with E-state index in [2.05, 4.69) is 42.2 Å². The van der Waals surface area contributed by atoms with Gasteiger partial charge in [-0.1, -0.05) is 66.5 Å². The molecule has 0 saturated heterocycles. The Morgan fingerprint density at radius 1 is 1.11 bits per heavy atom. The number of halogens is 2. The molecule has 1 saturated carbocycles. The van der Waals surface area contributed by atoms with E-state index in [1.54, 1.807) is 0 Å². The molecule has 1 unspecified atom stereocenters. The molecule has 0 spiro atoms. The van der Waals surface area contributed by atoms with Crippen LogP contribution in [0.2, 0.25) is 10.0 Å². The summed E-state index contributed by atoms with van der Waals surface area (Å²) in [6.45, 7) is 5.14. The lowest BCUT2D eigenvalue weighted by atomic mass is 9.74. The number of rotatable bonds is 9. The predicted octanol–water partition coefficient (Wildman–Crippen LogP) is 6.47. The third kappa shape index (κ3) is 4.85. The first kappa shape index (κ1) is 20.2. The van der Waals surface area contributed by atoms with Crippen LogP contribution in [-0.4, -0.2) is 18.0 Å². The minimum atomic E-state index is -0.444. The lowest BCUT2D eigenvalue weighted by Gasteiger charge is -2.29. The van der Waals surface area contributed by atoms with E-state index in [0.29, 0.717) is 16.0 Å². The van der Waals surface area contributed by atoms with E-state index >= 15 is 0 Å². The third-order valence-electron chi connectivity index (χ3n) is 5.65. The molecule has 0 radical (unpaired) electrons. The van der Waals surface area contributed by atoms with Crippen LogP contribution in [0.3, 0.4) is 0 Å². The predicted molar refractivity (Wildman–Crippen MR) is 113 cm³/mol. The van der Waals surface area contributed by atoms with Gasteiger partial charge in [-0.15, -0.1) is 0 Å². The zero-order valence-corrected chi connectivity index (χ0v) is 17.3. The summed E-state index contributed by atoms with van der Waals surface area (Å²) in [4.78, 5) is 2.44. The fourth-order valence-electron chi connectivity index (χ4n) is 3.92. The monoisotopic (exact) mass is 400 g/mol. The van der Waals surface area contributed by atoms with Crippen LogP contribution < -0.4 is 0 Å². The Morgan fingerprint density at radius 3 is 2.44 bits per heavy atom. The van der Waals surface area contributed by atoms with Crippen LogP contribution in [0, 0.1) is 17.2 Å². The van der Waals surface area contributed by atoms with Gasteiger partial charge in [0.1, 0.15) is 0 Å². The molecule has 1 atom stereocenters. The topological polar surface area (TPSA) is 27.0 Å². The van der Waals surface area contributed by atoms with E-state index < -0.39 is 5.41 Å². The van der Waals surface area contributed by atoms with Crippen molar-refractivity contribution < 1.29 is 0 Å². The second-order valence-electron chi connectivity index (χ2n) is 7.44.